The number of amides is 1. The fraction of sp³-hybridized carbons (Fsp3) is 0.643. The van der Waals surface area contributed by atoms with E-state index in [1.165, 1.54) is 18.7 Å². The summed E-state index contributed by atoms with van der Waals surface area (Å²) in [6.45, 7) is 3.36. The lowest BCUT2D eigenvalue weighted by atomic mass is 10.1. The maximum Gasteiger partial charge on any atom is 0.327 e. The van der Waals surface area contributed by atoms with Gasteiger partial charge in [-0.15, -0.1) is 11.8 Å². The topological polar surface area (TPSA) is 83.5 Å². The van der Waals surface area contributed by atoms with Crippen LogP contribution in [0.1, 0.15) is 39.5 Å². The molecular weight excluding hydrogens is 278 g/mol. The molecule has 6 heteroatoms. The molecule has 0 heterocycles. The molecular formula is C14H21NO4S. The quantitative estimate of drug-likeness (QED) is 0.713. The van der Waals surface area contributed by atoms with E-state index in [0.29, 0.717) is 6.42 Å². The first-order valence-corrected chi connectivity index (χ1v) is 7.85. The minimum Gasteiger partial charge on any atom is -0.480 e. The molecule has 0 aromatic heterocycles. The van der Waals surface area contributed by atoms with Gasteiger partial charge in [0.1, 0.15) is 6.04 Å². The third kappa shape index (κ3) is 5.00. The van der Waals surface area contributed by atoms with Crippen LogP contribution >= 0.6 is 11.8 Å². The predicted molar refractivity (Wildman–Crippen MR) is 78.7 cm³/mol. The molecule has 0 saturated carbocycles. The Morgan fingerprint density at radius 2 is 2.25 bits per heavy atom. The number of carboxylic acids is 1. The Hall–Kier alpha value is -1.30. The van der Waals surface area contributed by atoms with Gasteiger partial charge in [-0.05, 0) is 24.8 Å². The number of allylic oxidation sites excluding steroid dienone is 2. The van der Waals surface area contributed by atoms with Gasteiger partial charge in [-0.25, -0.2) is 4.79 Å². The van der Waals surface area contributed by atoms with Crippen molar-refractivity contribution in [2.75, 3.05) is 5.75 Å². The second-order valence-corrected chi connectivity index (χ2v) is 6.08. The molecule has 0 bridgehead atoms. The molecule has 0 aromatic carbocycles. The maximum atomic E-state index is 12.1. The van der Waals surface area contributed by atoms with Crippen LogP contribution in [0.2, 0.25) is 0 Å². The summed E-state index contributed by atoms with van der Waals surface area (Å²) >= 11 is 1.31. The molecule has 0 radical (unpaired) electrons. The molecule has 5 nitrogen and oxygen atoms in total. The van der Waals surface area contributed by atoms with Crippen LogP contribution in [0.4, 0.5) is 0 Å². The normalized spacial score (nSPS) is 19.6. The first-order chi connectivity index (χ1) is 9.45. The maximum absolute atomic E-state index is 12.1. The SMILES string of the molecule is CCCCC1=CCC(SCC(NC(C)=O)C(=O)O)C1=O. The predicted octanol–water partition coefficient (Wildman–Crippen LogP) is 1.77. The molecule has 112 valence electrons. The van der Waals surface area contributed by atoms with Crippen LogP contribution in [0, 0.1) is 0 Å². The Kier molecular flexibility index (Phi) is 6.78. The van der Waals surface area contributed by atoms with E-state index in [2.05, 4.69) is 12.2 Å². The number of hydrogen-bond acceptors (Lipinski definition) is 4. The van der Waals surface area contributed by atoms with Crippen LogP contribution in [0.25, 0.3) is 0 Å². The number of carboxylic acid groups (broad SMARTS) is 1. The van der Waals surface area contributed by atoms with Gasteiger partial charge in [-0.3, -0.25) is 9.59 Å². The monoisotopic (exact) mass is 299 g/mol. The summed E-state index contributed by atoms with van der Waals surface area (Å²) in [4.78, 5) is 34.0. The molecule has 0 aromatic rings. The lowest BCUT2D eigenvalue weighted by molar-refractivity contribution is -0.140. The summed E-state index contributed by atoms with van der Waals surface area (Å²) in [6.07, 6.45) is 5.48. The van der Waals surface area contributed by atoms with Gasteiger partial charge in [0, 0.05) is 12.7 Å². The third-order valence-electron chi connectivity index (χ3n) is 3.13. The Bertz CT molecular complexity index is 419. The van der Waals surface area contributed by atoms with Crippen molar-refractivity contribution >= 4 is 29.4 Å². The van der Waals surface area contributed by atoms with E-state index in [-0.39, 0.29) is 22.7 Å². The van der Waals surface area contributed by atoms with E-state index in [1.807, 2.05) is 6.08 Å². The number of rotatable bonds is 8. The smallest absolute Gasteiger partial charge is 0.327 e. The van der Waals surface area contributed by atoms with Gasteiger partial charge in [0.25, 0.3) is 0 Å². The average molecular weight is 299 g/mol. The number of aliphatic carboxylic acids is 1. The zero-order valence-corrected chi connectivity index (χ0v) is 12.7. The Morgan fingerprint density at radius 3 is 2.80 bits per heavy atom. The summed E-state index contributed by atoms with van der Waals surface area (Å²) in [5, 5.41) is 11.2. The number of thioether (sulfide) groups is 1. The Labute approximate surface area is 123 Å². The van der Waals surface area contributed by atoms with Crippen molar-refractivity contribution in [1.29, 1.82) is 0 Å². The number of ketones is 1. The highest BCUT2D eigenvalue weighted by atomic mass is 32.2. The molecule has 2 unspecified atom stereocenters. The standard InChI is InChI=1S/C14H21NO4S/c1-3-4-5-10-6-7-12(13(10)17)20-8-11(14(18)19)15-9(2)16/h6,11-12H,3-5,7-8H2,1-2H3,(H,15,16)(H,18,19). The summed E-state index contributed by atoms with van der Waals surface area (Å²) in [5.74, 6) is -1.12. The highest BCUT2D eigenvalue weighted by molar-refractivity contribution is 8.00. The fourth-order valence-electron chi connectivity index (χ4n) is 2.03. The van der Waals surface area contributed by atoms with Crippen molar-refractivity contribution < 1.29 is 19.5 Å². The van der Waals surface area contributed by atoms with Gasteiger partial charge in [0.2, 0.25) is 5.91 Å². The second-order valence-electron chi connectivity index (χ2n) is 4.85. The summed E-state index contributed by atoms with van der Waals surface area (Å²) in [7, 11) is 0. The van der Waals surface area contributed by atoms with Crippen LogP contribution < -0.4 is 5.32 Å². The van der Waals surface area contributed by atoms with Crippen molar-refractivity contribution in [3.05, 3.63) is 11.6 Å². The van der Waals surface area contributed by atoms with Crippen LogP contribution in [0.15, 0.2) is 11.6 Å². The average Bonchev–Trinajstić information content (AvgIpc) is 2.72. The lowest BCUT2D eigenvalue weighted by Gasteiger charge is -2.15. The van der Waals surface area contributed by atoms with Crippen LogP contribution in [-0.2, 0) is 14.4 Å². The highest BCUT2D eigenvalue weighted by Gasteiger charge is 2.29. The number of nitrogens with one attached hydrogen (secondary N) is 1. The molecule has 2 N–H and O–H groups in total. The highest BCUT2D eigenvalue weighted by Crippen LogP contribution is 2.29. The molecule has 1 aliphatic rings. The van der Waals surface area contributed by atoms with Gasteiger partial charge in [-0.1, -0.05) is 19.4 Å². The van der Waals surface area contributed by atoms with Gasteiger partial charge >= 0.3 is 5.97 Å². The number of hydrogen-bond donors (Lipinski definition) is 2. The van der Waals surface area contributed by atoms with E-state index >= 15 is 0 Å². The van der Waals surface area contributed by atoms with Crippen LogP contribution in [-0.4, -0.2) is 39.8 Å². The molecule has 0 aliphatic heterocycles. The number of carbonyl (C=O) groups is 3. The molecule has 1 rings (SSSR count). The first-order valence-electron chi connectivity index (χ1n) is 6.80. The molecule has 2 atom stereocenters. The van der Waals surface area contributed by atoms with Crippen molar-refractivity contribution in [1.82, 2.24) is 5.32 Å². The Balaban J connectivity index is 2.44. The molecule has 20 heavy (non-hydrogen) atoms. The number of unbranched alkanes of at least 4 members (excludes halogenated alkanes) is 1. The van der Waals surface area contributed by atoms with Crippen LogP contribution in [0.3, 0.4) is 0 Å². The van der Waals surface area contributed by atoms with Gasteiger partial charge in [0.05, 0.1) is 5.25 Å². The van der Waals surface area contributed by atoms with E-state index < -0.39 is 12.0 Å². The second kappa shape index (κ2) is 8.09. The fourth-order valence-corrected chi connectivity index (χ4v) is 3.22. The van der Waals surface area contributed by atoms with Gasteiger partial charge < -0.3 is 10.4 Å². The van der Waals surface area contributed by atoms with E-state index in [9.17, 15) is 14.4 Å². The van der Waals surface area contributed by atoms with Gasteiger partial charge in [0.15, 0.2) is 5.78 Å². The number of carbonyl (C=O) groups excluding carboxylic acids is 2. The lowest BCUT2D eigenvalue weighted by Crippen LogP contribution is -2.42. The first kappa shape index (κ1) is 16.8. The van der Waals surface area contributed by atoms with E-state index in [0.717, 1.165) is 24.8 Å². The van der Waals surface area contributed by atoms with Crippen LogP contribution in [0.5, 0.6) is 0 Å². The third-order valence-corrected chi connectivity index (χ3v) is 4.46. The molecule has 0 saturated heterocycles. The minimum atomic E-state index is -1.07. The van der Waals surface area contributed by atoms with E-state index in [4.69, 9.17) is 5.11 Å². The zero-order chi connectivity index (χ0) is 15.1. The van der Waals surface area contributed by atoms with Crippen molar-refractivity contribution in [3.8, 4) is 0 Å². The molecule has 0 spiro atoms. The largest absolute Gasteiger partial charge is 0.480 e. The molecule has 1 aliphatic carbocycles. The van der Waals surface area contributed by atoms with Crippen molar-refractivity contribution in [2.24, 2.45) is 0 Å². The Morgan fingerprint density at radius 1 is 1.55 bits per heavy atom. The van der Waals surface area contributed by atoms with Crippen molar-refractivity contribution in [3.63, 3.8) is 0 Å². The number of Topliss-reactive ketones (excluding diaryl/α,β-unsaturated/α-hetero) is 1. The summed E-state index contributed by atoms with van der Waals surface area (Å²) in [6, 6.07) is -0.940. The zero-order valence-electron chi connectivity index (χ0n) is 11.8. The molecule has 1 amide bonds. The van der Waals surface area contributed by atoms with Crippen molar-refractivity contribution in [2.45, 2.75) is 50.8 Å². The summed E-state index contributed by atoms with van der Waals surface area (Å²) in [5.41, 5.74) is 0.871. The van der Waals surface area contributed by atoms with E-state index in [1.54, 1.807) is 0 Å². The van der Waals surface area contributed by atoms with Gasteiger partial charge in [-0.2, -0.15) is 0 Å². The summed E-state index contributed by atoms with van der Waals surface area (Å²) < 4.78 is 0. The minimum absolute atomic E-state index is 0.121. The molecule has 0 fully saturated rings.